The number of nitrogens with two attached hydrogens (primary N) is 1. The first-order chi connectivity index (χ1) is 6.40. The van der Waals surface area contributed by atoms with E-state index in [4.69, 9.17) is 10.2 Å². The standard InChI is InChI=1S/C10H15NOS/c11-7-9-1-2-10(12-9)8-3-5-13-6-4-8/h1-2,8H,3-7,11H2. The second-order valence-corrected chi connectivity index (χ2v) is 4.62. The monoisotopic (exact) mass is 197 g/mol. The van der Waals surface area contributed by atoms with Crippen molar-refractivity contribution in [2.45, 2.75) is 25.3 Å². The Kier molecular flexibility index (Phi) is 2.96. The second kappa shape index (κ2) is 4.20. The molecular formula is C10H15NOS. The van der Waals surface area contributed by atoms with Crippen LogP contribution in [0.1, 0.15) is 30.3 Å². The van der Waals surface area contributed by atoms with E-state index in [0.29, 0.717) is 12.5 Å². The highest BCUT2D eigenvalue weighted by atomic mass is 32.2. The van der Waals surface area contributed by atoms with Crippen molar-refractivity contribution in [1.82, 2.24) is 0 Å². The van der Waals surface area contributed by atoms with Gasteiger partial charge >= 0.3 is 0 Å². The first-order valence-corrected chi connectivity index (χ1v) is 5.92. The molecule has 1 aliphatic rings. The summed E-state index contributed by atoms with van der Waals surface area (Å²) in [5.74, 6) is 5.22. The third-order valence-corrected chi connectivity index (χ3v) is 3.56. The lowest BCUT2D eigenvalue weighted by Crippen LogP contribution is -2.06. The van der Waals surface area contributed by atoms with Crippen molar-refractivity contribution >= 4 is 11.8 Å². The van der Waals surface area contributed by atoms with Gasteiger partial charge < -0.3 is 10.2 Å². The molecule has 0 amide bonds. The van der Waals surface area contributed by atoms with Gasteiger partial charge in [-0.15, -0.1) is 0 Å². The highest BCUT2D eigenvalue weighted by molar-refractivity contribution is 7.99. The molecule has 0 aliphatic carbocycles. The number of furan rings is 1. The lowest BCUT2D eigenvalue weighted by molar-refractivity contribution is 0.419. The van der Waals surface area contributed by atoms with Crippen LogP contribution >= 0.6 is 11.8 Å². The molecule has 0 atom stereocenters. The third-order valence-electron chi connectivity index (χ3n) is 2.51. The molecule has 3 heteroatoms. The van der Waals surface area contributed by atoms with Gasteiger partial charge in [0.05, 0.1) is 6.54 Å². The smallest absolute Gasteiger partial charge is 0.117 e. The summed E-state index contributed by atoms with van der Waals surface area (Å²) in [4.78, 5) is 0. The van der Waals surface area contributed by atoms with E-state index in [-0.39, 0.29) is 0 Å². The average Bonchev–Trinajstić information content (AvgIpc) is 2.67. The van der Waals surface area contributed by atoms with E-state index >= 15 is 0 Å². The van der Waals surface area contributed by atoms with Crippen LogP contribution in [-0.2, 0) is 6.54 Å². The second-order valence-electron chi connectivity index (χ2n) is 3.39. The maximum atomic E-state index is 5.64. The van der Waals surface area contributed by atoms with Crippen LogP contribution in [0.3, 0.4) is 0 Å². The highest BCUT2D eigenvalue weighted by Gasteiger charge is 2.18. The van der Waals surface area contributed by atoms with E-state index in [1.807, 2.05) is 17.8 Å². The van der Waals surface area contributed by atoms with Gasteiger partial charge in [-0.1, -0.05) is 0 Å². The molecule has 2 rings (SSSR count). The number of thioether (sulfide) groups is 1. The Morgan fingerprint density at radius 1 is 1.38 bits per heavy atom. The van der Waals surface area contributed by atoms with Gasteiger partial charge in [-0.2, -0.15) is 11.8 Å². The van der Waals surface area contributed by atoms with E-state index in [0.717, 1.165) is 11.5 Å². The van der Waals surface area contributed by atoms with Crippen LogP contribution in [0, 0.1) is 0 Å². The summed E-state index contributed by atoms with van der Waals surface area (Å²) >= 11 is 2.04. The van der Waals surface area contributed by atoms with Gasteiger partial charge in [0.25, 0.3) is 0 Å². The van der Waals surface area contributed by atoms with Crippen molar-refractivity contribution in [1.29, 1.82) is 0 Å². The lowest BCUT2D eigenvalue weighted by Gasteiger charge is -2.18. The zero-order valence-electron chi connectivity index (χ0n) is 7.66. The van der Waals surface area contributed by atoms with Crippen molar-refractivity contribution in [3.63, 3.8) is 0 Å². The van der Waals surface area contributed by atoms with Crippen LogP contribution in [0.2, 0.25) is 0 Å². The van der Waals surface area contributed by atoms with Gasteiger partial charge in [-0.05, 0) is 36.5 Å². The number of hydrogen-bond acceptors (Lipinski definition) is 3. The minimum atomic E-state index is 0.515. The quantitative estimate of drug-likeness (QED) is 0.791. The van der Waals surface area contributed by atoms with E-state index < -0.39 is 0 Å². The molecule has 1 aromatic rings. The van der Waals surface area contributed by atoms with E-state index in [2.05, 4.69) is 6.07 Å². The molecule has 1 saturated heterocycles. The first-order valence-electron chi connectivity index (χ1n) is 4.76. The summed E-state index contributed by atoms with van der Waals surface area (Å²) in [6, 6.07) is 4.08. The fraction of sp³-hybridized carbons (Fsp3) is 0.600. The molecule has 0 radical (unpaired) electrons. The molecule has 2 heterocycles. The third kappa shape index (κ3) is 2.09. The molecule has 1 aliphatic heterocycles. The summed E-state index contributed by atoms with van der Waals surface area (Å²) in [6.45, 7) is 0.515. The summed E-state index contributed by atoms with van der Waals surface area (Å²) < 4.78 is 5.64. The molecule has 1 aromatic heterocycles. The van der Waals surface area contributed by atoms with E-state index in [1.54, 1.807) is 0 Å². The predicted octanol–water partition coefficient (Wildman–Crippen LogP) is 2.35. The molecule has 13 heavy (non-hydrogen) atoms. The fourth-order valence-electron chi connectivity index (χ4n) is 1.71. The molecule has 0 spiro atoms. The average molecular weight is 197 g/mol. The Bertz CT molecular complexity index is 266. The predicted molar refractivity (Wildman–Crippen MR) is 55.9 cm³/mol. The van der Waals surface area contributed by atoms with Gasteiger partial charge in [0.15, 0.2) is 0 Å². The van der Waals surface area contributed by atoms with E-state index in [1.165, 1.54) is 24.3 Å². The van der Waals surface area contributed by atoms with Crippen molar-refractivity contribution < 1.29 is 4.42 Å². The van der Waals surface area contributed by atoms with Crippen LogP contribution in [0.25, 0.3) is 0 Å². The van der Waals surface area contributed by atoms with Crippen molar-refractivity contribution in [3.8, 4) is 0 Å². The molecule has 0 aromatic carbocycles. The van der Waals surface area contributed by atoms with Gasteiger partial charge in [0, 0.05) is 5.92 Å². The largest absolute Gasteiger partial charge is 0.464 e. The van der Waals surface area contributed by atoms with Gasteiger partial charge in [0.1, 0.15) is 11.5 Å². The lowest BCUT2D eigenvalue weighted by atomic mass is 10.0. The minimum Gasteiger partial charge on any atom is -0.464 e. The Morgan fingerprint density at radius 2 is 2.15 bits per heavy atom. The van der Waals surface area contributed by atoms with Crippen LogP contribution in [-0.4, -0.2) is 11.5 Å². The molecule has 72 valence electrons. The number of rotatable bonds is 2. The normalized spacial score (nSPS) is 19.2. The minimum absolute atomic E-state index is 0.515. The summed E-state index contributed by atoms with van der Waals surface area (Å²) in [5, 5.41) is 0. The van der Waals surface area contributed by atoms with Crippen LogP contribution in [0.4, 0.5) is 0 Å². The Morgan fingerprint density at radius 3 is 2.77 bits per heavy atom. The van der Waals surface area contributed by atoms with Crippen molar-refractivity contribution in [2.75, 3.05) is 11.5 Å². The van der Waals surface area contributed by atoms with Crippen LogP contribution in [0.15, 0.2) is 16.5 Å². The topological polar surface area (TPSA) is 39.2 Å². The Hall–Kier alpha value is -0.410. The maximum Gasteiger partial charge on any atom is 0.117 e. The molecule has 2 nitrogen and oxygen atoms in total. The molecule has 0 unspecified atom stereocenters. The molecule has 0 bridgehead atoms. The number of hydrogen-bond donors (Lipinski definition) is 1. The van der Waals surface area contributed by atoms with Gasteiger partial charge in [0.2, 0.25) is 0 Å². The SMILES string of the molecule is NCc1ccc(C2CCSCC2)o1. The summed E-state index contributed by atoms with van der Waals surface area (Å²) in [7, 11) is 0. The van der Waals surface area contributed by atoms with E-state index in [9.17, 15) is 0 Å². The van der Waals surface area contributed by atoms with Crippen LogP contribution < -0.4 is 5.73 Å². The zero-order chi connectivity index (χ0) is 9.10. The zero-order valence-corrected chi connectivity index (χ0v) is 8.48. The summed E-state index contributed by atoms with van der Waals surface area (Å²) in [5.41, 5.74) is 5.49. The highest BCUT2D eigenvalue weighted by Crippen LogP contribution is 2.32. The summed E-state index contributed by atoms with van der Waals surface area (Å²) in [6.07, 6.45) is 2.50. The Labute approximate surface area is 82.9 Å². The van der Waals surface area contributed by atoms with Crippen LogP contribution in [0.5, 0.6) is 0 Å². The maximum absolute atomic E-state index is 5.64. The van der Waals surface area contributed by atoms with Crippen molar-refractivity contribution in [3.05, 3.63) is 23.7 Å². The molecule has 0 saturated carbocycles. The Balaban J connectivity index is 2.05. The fourth-order valence-corrected chi connectivity index (χ4v) is 2.81. The van der Waals surface area contributed by atoms with Crippen molar-refractivity contribution in [2.24, 2.45) is 5.73 Å². The molecular weight excluding hydrogens is 182 g/mol. The first kappa shape index (κ1) is 9.16. The molecule has 1 fully saturated rings. The van der Waals surface area contributed by atoms with Gasteiger partial charge in [-0.25, -0.2) is 0 Å². The molecule has 2 N–H and O–H groups in total. The van der Waals surface area contributed by atoms with Gasteiger partial charge in [-0.3, -0.25) is 0 Å².